The zero-order chi connectivity index (χ0) is 15.0. The van der Waals surface area contributed by atoms with Crippen LogP contribution in [0, 0.1) is 6.92 Å². The second-order valence-corrected chi connectivity index (χ2v) is 4.75. The number of nitrogens with zero attached hydrogens (tertiary/aromatic N) is 3. The minimum absolute atomic E-state index is 0.164. The largest absolute Gasteiger partial charge is 0.497 e. The van der Waals surface area contributed by atoms with Crippen molar-refractivity contribution in [2.24, 2.45) is 0 Å². The monoisotopic (exact) mass is 285 g/mol. The van der Waals surface area contributed by atoms with Gasteiger partial charge in [-0.3, -0.25) is 9.89 Å². The number of nitrogen functional groups attached to an aromatic ring is 1. The van der Waals surface area contributed by atoms with E-state index in [-0.39, 0.29) is 17.3 Å². The minimum atomic E-state index is -0.190. The number of ether oxygens (including phenoxy) is 1. The van der Waals surface area contributed by atoms with Gasteiger partial charge < -0.3 is 10.5 Å². The molecule has 2 heterocycles. The van der Waals surface area contributed by atoms with Gasteiger partial charge in [0.2, 0.25) is 5.95 Å². The second-order valence-electron chi connectivity index (χ2n) is 4.75. The van der Waals surface area contributed by atoms with Crippen LogP contribution < -0.4 is 16.0 Å². The lowest BCUT2D eigenvalue weighted by Gasteiger charge is -2.06. The van der Waals surface area contributed by atoms with Crippen molar-refractivity contribution in [3.8, 4) is 5.75 Å². The van der Waals surface area contributed by atoms with Crippen LogP contribution in [0.5, 0.6) is 5.75 Å². The molecule has 7 nitrogen and oxygen atoms in total. The number of methoxy groups -OCH3 is 1. The number of nitrogens with one attached hydrogen (secondary N) is 1. The Morgan fingerprint density at radius 1 is 1.38 bits per heavy atom. The lowest BCUT2D eigenvalue weighted by atomic mass is 10.0. The molecule has 3 N–H and O–H groups in total. The van der Waals surface area contributed by atoms with Crippen molar-refractivity contribution < 1.29 is 4.74 Å². The van der Waals surface area contributed by atoms with Crippen LogP contribution in [0.2, 0.25) is 0 Å². The summed E-state index contributed by atoms with van der Waals surface area (Å²) >= 11 is 0. The number of benzene rings is 1. The van der Waals surface area contributed by atoms with E-state index in [2.05, 4.69) is 15.1 Å². The van der Waals surface area contributed by atoms with Gasteiger partial charge in [-0.2, -0.15) is 9.50 Å². The van der Waals surface area contributed by atoms with Crippen molar-refractivity contribution in [2.75, 3.05) is 12.8 Å². The summed E-state index contributed by atoms with van der Waals surface area (Å²) in [6.07, 6.45) is 0.469. The molecule has 3 aromatic rings. The standard InChI is InChI=1S/C14H15N5O2/c1-8-11(7-9-4-3-5-10(6-9)21-2)12(20)19-14(16-8)17-13(15)18-19/h3-6H,7H2,1-2H3,(H3,15,16,17,18). The van der Waals surface area contributed by atoms with Gasteiger partial charge in [0.05, 0.1) is 12.8 Å². The van der Waals surface area contributed by atoms with E-state index < -0.39 is 0 Å². The molecule has 0 fully saturated rings. The highest BCUT2D eigenvalue weighted by atomic mass is 16.5. The Morgan fingerprint density at radius 2 is 2.19 bits per heavy atom. The molecule has 0 unspecified atom stereocenters. The maximum atomic E-state index is 12.5. The molecule has 108 valence electrons. The van der Waals surface area contributed by atoms with Gasteiger partial charge in [-0.05, 0) is 24.6 Å². The first-order valence-electron chi connectivity index (χ1n) is 6.45. The van der Waals surface area contributed by atoms with E-state index in [0.717, 1.165) is 11.3 Å². The van der Waals surface area contributed by atoms with Crippen LogP contribution in [0.4, 0.5) is 5.95 Å². The predicted molar refractivity (Wildman–Crippen MR) is 78.6 cm³/mol. The molecule has 0 aliphatic rings. The average molecular weight is 285 g/mol. The Morgan fingerprint density at radius 3 is 2.95 bits per heavy atom. The molecular weight excluding hydrogens is 270 g/mol. The SMILES string of the molecule is COc1cccc(Cc2c(C)nc3nc(N)[nH]n3c2=O)c1. The number of hydrogen-bond donors (Lipinski definition) is 2. The topological polar surface area (TPSA) is 98.3 Å². The van der Waals surface area contributed by atoms with Crippen molar-refractivity contribution in [1.29, 1.82) is 0 Å². The van der Waals surface area contributed by atoms with E-state index in [0.29, 0.717) is 17.7 Å². The van der Waals surface area contributed by atoms with Crippen molar-refractivity contribution in [3.63, 3.8) is 0 Å². The lowest BCUT2D eigenvalue weighted by Crippen LogP contribution is -2.22. The number of anilines is 1. The first-order valence-corrected chi connectivity index (χ1v) is 6.45. The molecule has 0 saturated carbocycles. The Hall–Kier alpha value is -2.83. The van der Waals surface area contributed by atoms with Crippen molar-refractivity contribution in [1.82, 2.24) is 19.6 Å². The molecule has 0 radical (unpaired) electrons. The molecule has 7 heteroatoms. The van der Waals surface area contributed by atoms with Gasteiger partial charge in [-0.15, -0.1) is 0 Å². The summed E-state index contributed by atoms with van der Waals surface area (Å²) in [4.78, 5) is 20.8. The second kappa shape index (κ2) is 4.93. The molecule has 3 rings (SSSR count). The molecule has 0 amide bonds. The van der Waals surface area contributed by atoms with Gasteiger partial charge in [0.25, 0.3) is 11.3 Å². The van der Waals surface area contributed by atoms with E-state index in [4.69, 9.17) is 10.5 Å². The number of rotatable bonds is 3. The Labute approximate surface area is 120 Å². The first-order chi connectivity index (χ1) is 10.1. The van der Waals surface area contributed by atoms with Gasteiger partial charge in [0.1, 0.15) is 5.75 Å². The molecule has 0 aliphatic heterocycles. The molecule has 1 aromatic carbocycles. The van der Waals surface area contributed by atoms with Crippen LogP contribution >= 0.6 is 0 Å². The van der Waals surface area contributed by atoms with Crippen LogP contribution in [0.3, 0.4) is 0 Å². The molecule has 0 atom stereocenters. The lowest BCUT2D eigenvalue weighted by molar-refractivity contribution is 0.414. The number of aromatic amines is 1. The van der Waals surface area contributed by atoms with E-state index >= 15 is 0 Å². The minimum Gasteiger partial charge on any atom is -0.497 e. The number of fused-ring (bicyclic) bond motifs is 1. The third-order valence-electron chi connectivity index (χ3n) is 3.33. The maximum absolute atomic E-state index is 12.5. The van der Waals surface area contributed by atoms with Gasteiger partial charge in [0, 0.05) is 12.0 Å². The predicted octanol–water partition coefficient (Wildman–Crippen LogP) is 0.908. The van der Waals surface area contributed by atoms with Crippen LogP contribution in [0.25, 0.3) is 5.78 Å². The zero-order valence-electron chi connectivity index (χ0n) is 11.8. The van der Waals surface area contributed by atoms with Crippen LogP contribution in [-0.4, -0.2) is 26.7 Å². The first kappa shape index (κ1) is 13.2. The highest BCUT2D eigenvalue weighted by Gasteiger charge is 2.13. The highest BCUT2D eigenvalue weighted by Crippen LogP contribution is 2.16. The fraction of sp³-hybridized carbons (Fsp3) is 0.214. The molecule has 0 aliphatic carbocycles. The molecular formula is C14H15N5O2. The Bertz CT molecular complexity index is 865. The van der Waals surface area contributed by atoms with Crippen LogP contribution in [-0.2, 0) is 6.42 Å². The fourth-order valence-electron chi connectivity index (χ4n) is 2.26. The smallest absolute Gasteiger partial charge is 0.277 e. The van der Waals surface area contributed by atoms with Crippen LogP contribution in [0.15, 0.2) is 29.1 Å². The summed E-state index contributed by atoms with van der Waals surface area (Å²) < 4.78 is 6.46. The third kappa shape index (κ3) is 2.33. The normalized spacial score (nSPS) is 11.0. The Kier molecular flexibility index (Phi) is 3.09. The number of hydrogen-bond acceptors (Lipinski definition) is 5. The van der Waals surface area contributed by atoms with Crippen molar-refractivity contribution in [2.45, 2.75) is 13.3 Å². The summed E-state index contributed by atoms with van der Waals surface area (Å²) in [5.74, 6) is 1.20. The maximum Gasteiger partial charge on any atom is 0.277 e. The summed E-state index contributed by atoms with van der Waals surface area (Å²) in [6.45, 7) is 1.79. The molecule has 0 spiro atoms. The zero-order valence-corrected chi connectivity index (χ0v) is 11.8. The quantitative estimate of drug-likeness (QED) is 0.745. The molecule has 0 saturated heterocycles. The van der Waals surface area contributed by atoms with Crippen molar-refractivity contribution in [3.05, 3.63) is 51.4 Å². The number of aryl methyl sites for hydroxylation is 1. The highest BCUT2D eigenvalue weighted by molar-refractivity contribution is 5.39. The number of aromatic nitrogens is 4. The van der Waals surface area contributed by atoms with E-state index in [1.165, 1.54) is 4.52 Å². The molecule has 21 heavy (non-hydrogen) atoms. The summed E-state index contributed by atoms with van der Waals surface area (Å²) in [5.41, 5.74) is 7.60. The number of nitrogens with two attached hydrogens (primary N) is 1. The summed E-state index contributed by atoms with van der Waals surface area (Å²) in [6, 6.07) is 7.59. The Balaban J connectivity index is 2.09. The van der Waals surface area contributed by atoms with E-state index in [1.54, 1.807) is 14.0 Å². The molecule has 2 aromatic heterocycles. The molecule has 0 bridgehead atoms. The van der Waals surface area contributed by atoms with E-state index in [9.17, 15) is 4.79 Å². The third-order valence-corrected chi connectivity index (χ3v) is 3.33. The van der Waals surface area contributed by atoms with E-state index in [1.807, 2.05) is 24.3 Å². The average Bonchev–Trinajstić information content (AvgIpc) is 2.84. The summed E-state index contributed by atoms with van der Waals surface area (Å²) in [5, 5.41) is 2.69. The fourth-order valence-corrected chi connectivity index (χ4v) is 2.26. The van der Waals surface area contributed by atoms with Crippen LogP contribution in [0.1, 0.15) is 16.8 Å². The number of H-pyrrole nitrogens is 1. The van der Waals surface area contributed by atoms with Gasteiger partial charge in [-0.1, -0.05) is 12.1 Å². The van der Waals surface area contributed by atoms with Gasteiger partial charge in [-0.25, -0.2) is 4.98 Å². The van der Waals surface area contributed by atoms with Crippen molar-refractivity contribution >= 4 is 11.7 Å². The van der Waals surface area contributed by atoms with Gasteiger partial charge in [0.15, 0.2) is 0 Å². The summed E-state index contributed by atoms with van der Waals surface area (Å²) in [7, 11) is 1.61. The van der Waals surface area contributed by atoms with Gasteiger partial charge >= 0.3 is 0 Å².